The maximum atomic E-state index is 12.3. The minimum atomic E-state index is -3.72. The van der Waals surface area contributed by atoms with Crippen molar-refractivity contribution in [3.05, 3.63) is 52.7 Å². The predicted octanol–water partition coefficient (Wildman–Crippen LogP) is 3.13. The molecule has 4 rings (SSSR count). The highest BCUT2D eigenvalue weighted by Gasteiger charge is 2.37. The summed E-state index contributed by atoms with van der Waals surface area (Å²) in [6.07, 6.45) is 6.28. The van der Waals surface area contributed by atoms with E-state index in [-0.39, 0.29) is 17.5 Å². The molecule has 10 heteroatoms. The van der Waals surface area contributed by atoms with Crippen LogP contribution in [0.25, 0.3) is 0 Å². The lowest BCUT2D eigenvalue weighted by molar-refractivity contribution is 0.0978. The van der Waals surface area contributed by atoms with E-state index in [2.05, 4.69) is 11.1 Å². The van der Waals surface area contributed by atoms with Gasteiger partial charge in [-0.2, -0.15) is 10.4 Å². The van der Waals surface area contributed by atoms with Crippen LogP contribution in [0.3, 0.4) is 0 Å². The van der Waals surface area contributed by atoms with Crippen LogP contribution in [-0.4, -0.2) is 44.4 Å². The van der Waals surface area contributed by atoms with Crippen molar-refractivity contribution in [2.75, 3.05) is 18.4 Å². The first kappa shape index (κ1) is 23.7. The molecule has 1 unspecified atom stereocenters. The van der Waals surface area contributed by atoms with E-state index < -0.39 is 15.9 Å². The molecule has 0 radical (unpaired) electrons. The number of nitrogens with one attached hydrogen (secondary N) is 1. The molecule has 1 aromatic heterocycles. The van der Waals surface area contributed by atoms with Gasteiger partial charge in [-0.25, -0.2) is 18.1 Å². The van der Waals surface area contributed by atoms with E-state index in [0.29, 0.717) is 23.6 Å². The Kier molecular flexibility index (Phi) is 6.57. The summed E-state index contributed by atoms with van der Waals surface area (Å²) in [4.78, 5) is 16.8. The third-order valence-electron chi connectivity index (χ3n) is 6.36. The lowest BCUT2D eigenvalue weighted by Gasteiger charge is -2.28. The molecule has 0 bridgehead atoms. The number of benzene rings is 1. The summed E-state index contributed by atoms with van der Waals surface area (Å²) in [5, 5.41) is 16.2. The molecule has 1 fully saturated rings. The number of carbonyl (C=O) groups excluding carboxylic acids is 1. The zero-order chi connectivity index (χ0) is 24.5. The van der Waals surface area contributed by atoms with Crippen molar-refractivity contribution in [3.8, 4) is 11.9 Å². The monoisotopic (exact) mass is 481 g/mol. The van der Waals surface area contributed by atoms with Crippen LogP contribution >= 0.6 is 0 Å². The number of hydrazone groups is 1. The lowest BCUT2D eigenvalue weighted by atomic mass is 9.92. The molecular formula is C24H27N5O4S. The first-order chi connectivity index (χ1) is 16.2. The van der Waals surface area contributed by atoms with E-state index in [1.165, 1.54) is 26.0 Å². The first-order valence-electron chi connectivity index (χ1n) is 11.1. The van der Waals surface area contributed by atoms with Gasteiger partial charge in [0.1, 0.15) is 5.56 Å². The molecule has 1 amide bonds. The molecule has 0 spiro atoms. The summed E-state index contributed by atoms with van der Waals surface area (Å²) < 4.78 is 30.1. The van der Waals surface area contributed by atoms with Gasteiger partial charge in [0, 0.05) is 6.42 Å². The lowest BCUT2D eigenvalue weighted by Crippen LogP contribution is -2.33. The van der Waals surface area contributed by atoms with Gasteiger partial charge in [-0.3, -0.25) is 9.80 Å². The van der Waals surface area contributed by atoms with Gasteiger partial charge >= 0.3 is 0 Å². The van der Waals surface area contributed by atoms with Crippen LogP contribution in [0.1, 0.15) is 59.3 Å². The maximum absolute atomic E-state index is 12.3. The smallest absolute Gasteiger partial charge is 0.270 e. The summed E-state index contributed by atoms with van der Waals surface area (Å²) >= 11 is 0. The zero-order valence-corrected chi connectivity index (χ0v) is 20.2. The van der Waals surface area contributed by atoms with Crippen LogP contribution in [-0.2, 0) is 10.0 Å². The van der Waals surface area contributed by atoms with Gasteiger partial charge in [0.25, 0.3) is 5.91 Å². The summed E-state index contributed by atoms with van der Waals surface area (Å²) in [7, 11) is -2.34. The average Bonchev–Trinajstić information content (AvgIpc) is 3.47. The first-order valence-corrected chi connectivity index (χ1v) is 13.0. The SMILES string of the molecule is COc1nc(C2=NN(c3ccc(C#N)c(C)c3)C(C3CCCC3)C2)ccc1C(=O)NS(C)(=O)=O. The van der Waals surface area contributed by atoms with Crippen molar-refractivity contribution < 1.29 is 17.9 Å². The fourth-order valence-corrected chi connectivity index (χ4v) is 5.16. The normalized spacial score (nSPS) is 18.5. The number of rotatable bonds is 6. The number of aromatic nitrogens is 1. The molecular weight excluding hydrogens is 454 g/mol. The number of methoxy groups -OCH3 is 1. The Bertz CT molecular complexity index is 1290. The van der Waals surface area contributed by atoms with E-state index in [1.807, 2.05) is 34.9 Å². The van der Waals surface area contributed by atoms with Crippen molar-refractivity contribution in [2.24, 2.45) is 11.0 Å². The Hall–Kier alpha value is -3.45. The highest BCUT2D eigenvalue weighted by Crippen LogP contribution is 2.38. The second-order valence-electron chi connectivity index (χ2n) is 8.77. The molecule has 1 atom stereocenters. The zero-order valence-electron chi connectivity index (χ0n) is 19.4. The number of nitriles is 1. The van der Waals surface area contributed by atoms with E-state index in [4.69, 9.17) is 9.84 Å². The van der Waals surface area contributed by atoms with Crippen molar-refractivity contribution in [2.45, 2.75) is 45.1 Å². The Labute approximate surface area is 199 Å². The fourth-order valence-electron chi connectivity index (χ4n) is 4.71. The minimum Gasteiger partial charge on any atom is -0.480 e. The molecule has 2 aliphatic rings. The number of amides is 1. The second-order valence-corrected chi connectivity index (χ2v) is 10.5. The molecule has 1 N–H and O–H groups in total. The number of pyridine rings is 1. The predicted molar refractivity (Wildman–Crippen MR) is 128 cm³/mol. The summed E-state index contributed by atoms with van der Waals surface area (Å²) in [5.74, 6) is -0.268. The van der Waals surface area contributed by atoms with E-state index >= 15 is 0 Å². The molecule has 2 heterocycles. The number of ether oxygens (including phenoxy) is 1. The largest absolute Gasteiger partial charge is 0.480 e. The molecule has 1 aliphatic heterocycles. The van der Waals surface area contributed by atoms with E-state index in [1.54, 1.807) is 6.07 Å². The molecule has 0 saturated heterocycles. The minimum absolute atomic E-state index is 0.0298. The van der Waals surface area contributed by atoms with Crippen molar-refractivity contribution in [1.29, 1.82) is 5.26 Å². The number of hydrogen-bond acceptors (Lipinski definition) is 8. The van der Waals surface area contributed by atoms with E-state index in [9.17, 15) is 18.5 Å². The van der Waals surface area contributed by atoms with Gasteiger partial charge in [0.15, 0.2) is 0 Å². The highest BCUT2D eigenvalue weighted by atomic mass is 32.2. The number of nitrogens with zero attached hydrogens (tertiary/aromatic N) is 4. The summed E-state index contributed by atoms with van der Waals surface area (Å²) in [6, 6.07) is 11.3. The third kappa shape index (κ3) is 4.89. The van der Waals surface area contributed by atoms with Gasteiger partial charge < -0.3 is 4.74 Å². The molecule has 2 aromatic rings. The second kappa shape index (κ2) is 9.43. The number of anilines is 1. The van der Waals surface area contributed by atoms with Crippen LogP contribution in [0.5, 0.6) is 5.88 Å². The number of hydrogen-bond donors (Lipinski definition) is 1. The highest BCUT2D eigenvalue weighted by molar-refractivity contribution is 7.89. The van der Waals surface area contributed by atoms with Crippen molar-refractivity contribution in [1.82, 2.24) is 9.71 Å². The summed E-state index contributed by atoms with van der Waals surface area (Å²) in [5.41, 5.74) is 3.84. The van der Waals surface area contributed by atoms with Crippen LogP contribution in [0, 0.1) is 24.2 Å². The molecule has 178 valence electrons. The molecule has 1 aromatic carbocycles. The number of sulfonamides is 1. The van der Waals surface area contributed by atoms with Gasteiger partial charge in [-0.05, 0) is 61.6 Å². The number of carbonyl (C=O) groups is 1. The van der Waals surface area contributed by atoms with Crippen LogP contribution in [0.15, 0.2) is 35.4 Å². The molecule has 9 nitrogen and oxygen atoms in total. The van der Waals surface area contributed by atoms with Crippen molar-refractivity contribution in [3.63, 3.8) is 0 Å². The van der Waals surface area contributed by atoms with Crippen LogP contribution in [0.4, 0.5) is 5.69 Å². The van der Waals surface area contributed by atoms with E-state index in [0.717, 1.165) is 36.1 Å². The molecule has 1 saturated carbocycles. The maximum Gasteiger partial charge on any atom is 0.270 e. The third-order valence-corrected chi connectivity index (χ3v) is 6.91. The molecule has 34 heavy (non-hydrogen) atoms. The van der Waals surface area contributed by atoms with Gasteiger partial charge in [-0.1, -0.05) is 12.8 Å². The molecule has 1 aliphatic carbocycles. The summed E-state index contributed by atoms with van der Waals surface area (Å²) in [6.45, 7) is 1.92. The fraction of sp³-hybridized carbons (Fsp3) is 0.417. The van der Waals surface area contributed by atoms with Crippen molar-refractivity contribution >= 4 is 27.3 Å². The number of aryl methyl sites for hydroxylation is 1. The van der Waals surface area contributed by atoms with Gasteiger partial charge in [-0.15, -0.1) is 0 Å². The Morgan fingerprint density at radius 1 is 1.24 bits per heavy atom. The Balaban J connectivity index is 1.69. The van der Waals surface area contributed by atoms with Crippen LogP contribution < -0.4 is 14.5 Å². The Morgan fingerprint density at radius 2 is 1.97 bits per heavy atom. The standard InChI is InChI=1S/C24H27N5O4S/c1-15-12-18(9-8-17(15)14-25)29-22(16-6-4-5-7-16)13-21(27-29)20-11-10-19(24(26-20)33-2)23(30)28-34(3,31)32/h8-12,16,22H,4-7,13H2,1-3H3,(H,28,30). The van der Waals surface area contributed by atoms with Crippen LogP contribution in [0.2, 0.25) is 0 Å². The topological polar surface area (TPSA) is 125 Å². The van der Waals surface area contributed by atoms with Gasteiger partial charge in [0.05, 0.1) is 48.1 Å². The van der Waals surface area contributed by atoms with Gasteiger partial charge in [0.2, 0.25) is 15.9 Å². The quantitative estimate of drug-likeness (QED) is 0.672. The average molecular weight is 482 g/mol. The Morgan fingerprint density at radius 3 is 2.59 bits per heavy atom.